The zero-order valence-electron chi connectivity index (χ0n) is 17.1. The second-order valence-corrected chi connectivity index (χ2v) is 6.41. The Morgan fingerprint density at radius 3 is 2.32 bits per heavy atom. The van der Waals surface area contributed by atoms with Crippen LogP contribution in [0.4, 0.5) is 0 Å². The Bertz CT molecular complexity index is 789. The smallest absolute Gasteiger partial charge is 0.339 e. The summed E-state index contributed by atoms with van der Waals surface area (Å²) < 4.78 is 5.00. The van der Waals surface area contributed by atoms with E-state index in [2.05, 4.69) is 41.2 Å². The summed E-state index contributed by atoms with van der Waals surface area (Å²) in [6.07, 6.45) is 0. The van der Waals surface area contributed by atoms with Gasteiger partial charge >= 0.3 is 5.97 Å². The van der Waals surface area contributed by atoms with Crippen molar-refractivity contribution in [2.75, 3.05) is 26.2 Å². The van der Waals surface area contributed by atoms with Crippen LogP contribution >= 0.6 is 0 Å². The number of nitrogens with one attached hydrogen (secondary N) is 1. The molecule has 0 spiro atoms. The van der Waals surface area contributed by atoms with Crippen LogP contribution in [0.15, 0.2) is 42.5 Å². The zero-order valence-corrected chi connectivity index (χ0v) is 17.1. The average Bonchev–Trinajstić information content (AvgIpc) is 2.71. The minimum absolute atomic E-state index is 0.0834. The molecular weight excluding hydrogens is 354 g/mol. The number of likely N-dealkylation sites (N-methyl/N-ethyl adjacent to an activating group) is 1. The van der Waals surface area contributed by atoms with E-state index in [9.17, 15) is 9.59 Å². The van der Waals surface area contributed by atoms with Crippen molar-refractivity contribution < 1.29 is 14.3 Å². The predicted octanol–water partition coefficient (Wildman–Crippen LogP) is 3.38. The van der Waals surface area contributed by atoms with E-state index in [0.29, 0.717) is 24.4 Å². The number of ether oxygens (including phenoxy) is 1. The number of carbonyl (C=O) groups is 2. The fourth-order valence-corrected chi connectivity index (χ4v) is 3.19. The van der Waals surface area contributed by atoms with Crippen LogP contribution in [0.5, 0.6) is 0 Å². The van der Waals surface area contributed by atoms with Crippen LogP contribution in [-0.2, 0) is 4.74 Å². The van der Waals surface area contributed by atoms with E-state index in [0.717, 1.165) is 18.7 Å². The lowest BCUT2D eigenvalue weighted by atomic mass is 10.0. The van der Waals surface area contributed by atoms with Gasteiger partial charge in [-0.1, -0.05) is 44.2 Å². The number of esters is 1. The van der Waals surface area contributed by atoms with E-state index in [4.69, 9.17) is 4.74 Å². The van der Waals surface area contributed by atoms with E-state index in [1.54, 1.807) is 26.0 Å². The van der Waals surface area contributed by atoms with Crippen molar-refractivity contribution in [2.45, 2.75) is 33.7 Å². The highest BCUT2D eigenvalue weighted by atomic mass is 16.5. The molecule has 2 rings (SSSR count). The SMILES string of the molecule is CCOC(=O)c1ccc(C(=O)NCC(c2ccccc2)N(CC)CC)nc1C. The minimum atomic E-state index is -0.426. The van der Waals surface area contributed by atoms with Crippen molar-refractivity contribution in [3.05, 3.63) is 65.0 Å². The summed E-state index contributed by atoms with van der Waals surface area (Å²) in [5.74, 6) is -0.684. The molecule has 0 saturated carbocycles. The number of rotatable bonds is 9. The maximum atomic E-state index is 12.6. The topological polar surface area (TPSA) is 71.5 Å². The van der Waals surface area contributed by atoms with Gasteiger partial charge in [-0.15, -0.1) is 0 Å². The van der Waals surface area contributed by atoms with Crippen molar-refractivity contribution in [1.82, 2.24) is 15.2 Å². The van der Waals surface area contributed by atoms with Gasteiger partial charge in [-0.3, -0.25) is 9.69 Å². The van der Waals surface area contributed by atoms with Crippen molar-refractivity contribution in [2.24, 2.45) is 0 Å². The minimum Gasteiger partial charge on any atom is -0.462 e. The second-order valence-electron chi connectivity index (χ2n) is 6.41. The van der Waals surface area contributed by atoms with Crippen LogP contribution < -0.4 is 5.32 Å². The first kappa shape index (κ1) is 21.6. The van der Waals surface area contributed by atoms with E-state index >= 15 is 0 Å². The number of carbonyl (C=O) groups excluding carboxylic acids is 2. The van der Waals surface area contributed by atoms with Crippen molar-refractivity contribution in [3.63, 3.8) is 0 Å². The van der Waals surface area contributed by atoms with E-state index in [1.807, 2.05) is 18.2 Å². The van der Waals surface area contributed by atoms with Gasteiger partial charge in [0.25, 0.3) is 5.91 Å². The summed E-state index contributed by atoms with van der Waals surface area (Å²) in [5, 5.41) is 2.99. The normalized spacial score (nSPS) is 11.9. The highest BCUT2D eigenvalue weighted by Crippen LogP contribution is 2.19. The molecule has 1 heterocycles. The molecule has 28 heavy (non-hydrogen) atoms. The van der Waals surface area contributed by atoms with Crippen molar-refractivity contribution in [1.29, 1.82) is 0 Å². The van der Waals surface area contributed by atoms with Gasteiger partial charge in [-0.05, 0) is 44.6 Å². The molecule has 1 aromatic heterocycles. The van der Waals surface area contributed by atoms with Crippen LogP contribution in [0.2, 0.25) is 0 Å². The Labute approximate surface area is 166 Å². The van der Waals surface area contributed by atoms with Crippen molar-refractivity contribution >= 4 is 11.9 Å². The number of aromatic nitrogens is 1. The summed E-state index contributed by atoms with van der Waals surface area (Å²) >= 11 is 0. The number of hydrogen-bond acceptors (Lipinski definition) is 5. The molecule has 0 aliphatic carbocycles. The summed E-state index contributed by atoms with van der Waals surface area (Å²) in [6, 6.07) is 13.4. The zero-order chi connectivity index (χ0) is 20.5. The molecule has 0 fully saturated rings. The van der Waals surface area contributed by atoms with Gasteiger partial charge in [0.2, 0.25) is 0 Å². The first-order valence-electron chi connectivity index (χ1n) is 9.73. The quantitative estimate of drug-likeness (QED) is 0.672. The monoisotopic (exact) mass is 383 g/mol. The van der Waals surface area contributed by atoms with Crippen LogP contribution in [0.25, 0.3) is 0 Å². The molecular formula is C22H29N3O3. The fraction of sp³-hybridized carbons (Fsp3) is 0.409. The predicted molar refractivity (Wildman–Crippen MR) is 109 cm³/mol. The molecule has 1 unspecified atom stereocenters. The summed E-state index contributed by atoms with van der Waals surface area (Å²) in [4.78, 5) is 31.1. The van der Waals surface area contributed by atoms with Crippen LogP contribution in [0.1, 0.15) is 58.9 Å². The van der Waals surface area contributed by atoms with E-state index in [1.165, 1.54) is 0 Å². The molecule has 0 aliphatic heterocycles. The molecule has 150 valence electrons. The average molecular weight is 383 g/mol. The molecule has 1 atom stereocenters. The summed E-state index contributed by atoms with van der Waals surface area (Å²) in [6.45, 7) is 10.2. The van der Waals surface area contributed by atoms with Gasteiger partial charge in [-0.2, -0.15) is 0 Å². The van der Waals surface area contributed by atoms with Gasteiger partial charge in [0.1, 0.15) is 5.69 Å². The summed E-state index contributed by atoms with van der Waals surface area (Å²) in [5.41, 5.74) is 2.31. The maximum absolute atomic E-state index is 12.6. The molecule has 6 nitrogen and oxygen atoms in total. The third-order valence-electron chi connectivity index (χ3n) is 4.71. The highest BCUT2D eigenvalue weighted by molar-refractivity contribution is 5.95. The standard InChI is InChI=1S/C22H29N3O3/c1-5-25(6-2)20(17-11-9-8-10-12-17)15-23-21(26)19-14-13-18(16(4)24-19)22(27)28-7-3/h8-14,20H,5-7,15H2,1-4H3,(H,23,26). The molecule has 2 aromatic rings. The molecule has 1 N–H and O–H groups in total. The lowest BCUT2D eigenvalue weighted by Crippen LogP contribution is -2.38. The lowest BCUT2D eigenvalue weighted by Gasteiger charge is -2.30. The number of nitrogens with zero attached hydrogens (tertiary/aromatic N) is 2. The number of aryl methyl sites for hydroxylation is 1. The van der Waals surface area contributed by atoms with Gasteiger partial charge in [-0.25, -0.2) is 9.78 Å². The number of hydrogen-bond donors (Lipinski definition) is 1. The Morgan fingerprint density at radius 2 is 1.75 bits per heavy atom. The number of amides is 1. The Balaban J connectivity index is 2.12. The van der Waals surface area contributed by atoms with E-state index in [-0.39, 0.29) is 17.6 Å². The highest BCUT2D eigenvalue weighted by Gasteiger charge is 2.20. The van der Waals surface area contributed by atoms with Gasteiger partial charge < -0.3 is 10.1 Å². The molecule has 1 amide bonds. The van der Waals surface area contributed by atoms with Crippen LogP contribution in [0.3, 0.4) is 0 Å². The second kappa shape index (κ2) is 10.6. The Hall–Kier alpha value is -2.73. The molecule has 0 radical (unpaired) electrons. The van der Waals surface area contributed by atoms with Crippen LogP contribution in [0, 0.1) is 6.92 Å². The van der Waals surface area contributed by atoms with Gasteiger partial charge in [0, 0.05) is 6.54 Å². The van der Waals surface area contributed by atoms with E-state index < -0.39 is 5.97 Å². The van der Waals surface area contributed by atoms with Gasteiger partial charge in [0.15, 0.2) is 0 Å². The molecule has 0 saturated heterocycles. The third-order valence-corrected chi connectivity index (χ3v) is 4.71. The molecule has 0 aliphatic rings. The Morgan fingerprint density at radius 1 is 1.07 bits per heavy atom. The van der Waals surface area contributed by atoms with Crippen molar-refractivity contribution in [3.8, 4) is 0 Å². The molecule has 1 aromatic carbocycles. The fourth-order valence-electron chi connectivity index (χ4n) is 3.19. The molecule has 0 bridgehead atoms. The first-order chi connectivity index (χ1) is 13.5. The lowest BCUT2D eigenvalue weighted by molar-refractivity contribution is 0.0524. The first-order valence-corrected chi connectivity index (χ1v) is 9.73. The van der Waals surface area contributed by atoms with Gasteiger partial charge in [0.05, 0.1) is 23.9 Å². The Kier molecular flexibility index (Phi) is 8.14. The molecule has 6 heteroatoms. The van der Waals surface area contributed by atoms with Crippen LogP contribution in [-0.4, -0.2) is 48.0 Å². The summed E-state index contributed by atoms with van der Waals surface area (Å²) in [7, 11) is 0. The third kappa shape index (κ3) is 5.39. The number of benzene rings is 1. The largest absolute Gasteiger partial charge is 0.462 e. The maximum Gasteiger partial charge on any atom is 0.339 e. The number of pyridine rings is 1.